The minimum absolute atomic E-state index is 0.192. The molecule has 0 radical (unpaired) electrons. The highest BCUT2D eigenvalue weighted by atomic mass is 35.5. The fourth-order valence-corrected chi connectivity index (χ4v) is 7.16. The summed E-state index contributed by atoms with van der Waals surface area (Å²) in [5.74, 6) is 0.0616. The van der Waals surface area contributed by atoms with Crippen molar-refractivity contribution >= 4 is 46.1 Å². The van der Waals surface area contributed by atoms with Crippen LogP contribution in [0.1, 0.15) is 45.1 Å². The average molecular weight is 659 g/mol. The zero-order valence-electron chi connectivity index (χ0n) is 26.4. The van der Waals surface area contributed by atoms with E-state index >= 15 is 4.79 Å². The maximum atomic E-state index is 15.5. The van der Waals surface area contributed by atoms with Crippen molar-refractivity contribution in [2.75, 3.05) is 9.80 Å². The Morgan fingerprint density at radius 1 is 0.633 bits per heavy atom. The summed E-state index contributed by atoms with van der Waals surface area (Å²) in [5, 5.41) is 0.587. The highest BCUT2D eigenvalue weighted by Crippen LogP contribution is 2.56. The SMILES string of the molecule is O=C(c1ccccc1)N1c2ccccc2N2C(=O)C(c3ccccc3)=C(c3ccccc3)OC2(c2ccccc2)CC1c1ccc(Cl)cc1. The molecule has 2 atom stereocenters. The molecule has 0 saturated carbocycles. The molecular weight excluding hydrogens is 628 g/mol. The Hall–Kier alpha value is -5.91. The minimum Gasteiger partial charge on any atom is -0.462 e. The third kappa shape index (κ3) is 5.29. The number of ether oxygens (including phenoxy) is 1. The van der Waals surface area contributed by atoms with Crippen molar-refractivity contribution in [2.24, 2.45) is 0 Å². The van der Waals surface area contributed by atoms with Gasteiger partial charge in [0.2, 0.25) is 5.72 Å². The molecule has 0 spiro atoms. The monoisotopic (exact) mass is 658 g/mol. The second-order valence-corrected chi connectivity index (χ2v) is 12.6. The predicted octanol–water partition coefficient (Wildman–Crippen LogP) is 9.92. The Balaban J connectivity index is 1.46. The van der Waals surface area contributed by atoms with E-state index in [0.29, 0.717) is 33.3 Å². The first kappa shape index (κ1) is 30.4. The minimum atomic E-state index is -1.37. The largest absolute Gasteiger partial charge is 0.462 e. The molecule has 8 rings (SSSR count). The number of carbonyl (C=O) groups excluding carboxylic acids is 2. The average Bonchev–Trinajstić information content (AvgIpc) is 3.29. The van der Waals surface area contributed by atoms with E-state index in [0.717, 1.165) is 22.3 Å². The molecule has 0 aromatic heterocycles. The second-order valence-electron chi connectivity index (χ2n) is 12.1. The quantitative estimate of drug-likeness (QED) is 0.185. The number of para-hydroxylation sites is 2. The van der Waals surface area contributed by atoms with Crippen molar-refractivity contribution in [3.05, 3.63) is 203 Å². The molecule has 0 N–H and O–H groups in total. The van der Waals surface area contributed by atoms with Gasteiger partial charge in [-0.05, 0) is 47.5 Å². The van der Waals surface area contributed by atoms with Gasteiger partial charge in [-0.25, -0.2) is 0 Å². The molecule has 0 aliphatic carbocycles. The van der Waals surface area contributed by atoms with Crippen LogP contribution < -0.4 is 9.80 Å². The molecule has 49 heavy (non-hydrogen) atoms. The summed E-state index contributed by atoms with van der Waals surface area (Å²) in [4.78, 5) is 33.9. The number of halogens is 1. The van der Waals surface area contributed by atoms with Crippen LogP contribution in [0, 0.1) is 0 Å². The summed E-state index contributed by atoms with van der Waals surface area (Å²) in [7, 11) is 0. The fourth-order valence-electron chi connectivity index (χ4n) is 7.03. The summed E-state index contributed by atoms with van der Waals surface area (Å²) in [6, 6.07) is 53.1. The van der Waals surface area contributed by atoms with Crippen LogP contribution in [0.5, 0.6) is 0 Å². The van der Waals surface area contributed by atoms with Crippen molar-refractivity contribution in [1.82, 2.24) is 0 Å². The van der Waals surface area contributed by atoms with Crippen LogP contribution in [0.25, 0.3) is 11.3 Å². The Morgan fingerprint density at radius 2 is 1.16 bits per heavy atom. The van der Waals surface area contributed by atoms with Crippen LogP contribution in [0.3, 0.4) is 0 Å². The Bertz CT molecular complexity index is 2170. The molecule has 2 amide bonds. The number of fused-ring (bicyclic) bond motifs is 3. The maximum Gasteiger partial charge on any atom is 0.266 e. The van der Waals surface area contributed by atoms with Crippen LogP contribution in [0.2, 0.25) is 5.02 Å². The van der Waals surface area contributed by atoms with E-state index in [2.05, 4.69) is 0 Å². The summed E-state index contributed by atoms with van der Waals surface area (Å²) >= 11 is 6.41. The molecule has 6 aromatic rings. The van der Waals surface area contributed by atoms with E-state index in [4.69, 9.17) is 16.3 Å². The maximum absolute atomic E-state index is 15.5. The Kier molecular flexibility index (Phi) is 7.83. The van der Waals surface area contributed by atoms with Gasteiger partial charge in [0.25, 0.3) is 11.8 Å². The van der Waals surface area contributed by atoms with Crippen LogP contribution in [-0.4, -0.2) is 11.8 Å². The summed E-state index contributed by atoms with van der Waals surface area (Å²) in [6.07, 6.45) is 0.218. The van der Waals surface area contributed by atoms with Gasteiger partial charge in [-0.1, -0.05) is 145 Å². The first-order valence-corrected chi connectivity index (χ1v) is 16.6. The highest BCUT2D eigenvalue weighted by molar-refractivity contribution is 6.33. The molecule has 2 heterocycles. The second kappa shape index (κ2) is 12.6. The van der Waals surface area contributed by atoms with Crippen molar-refractivity contribution in [2.45, 2.75) is 18.2 Å². The number of rotatable bonds is 5. The van der Waals surface area contributed by atoms with Gasteiger partial charge in [-0.2, -0.15) is 0 Å². The number of hydrogen-bond donors (Lipinski definition) is 0. The zero-order valence-corrected chi connectivity index (χ0v) is 27.2. The number of hydrogen-bond acceptors (Lipinski definition) is 3. The van der Waals surface area contributed by atoms with Gasteiger partial charge < -0.3 is 4.74 Å². The van der Waals surface area contributed by atoms with Gasteiger partial charge in [0.1, 0.15) is 5.76 Å². The van der Waals surface area contributed by atoms with E-state index in [-0.39, 0.29) is 18.2 Å². The lowest BCUT2D eigenvalue weighted by atomic mass is 9.86. The molecule has 2 aliphatic rings. The van der Waals surface area contributed by atoms with E-state index in [1.54, 1.807) is 4.90 Å². The van der Waals surface area contributed by atoms with E-state index in [1.165, 1.54) is 0 Å². The van der Waals surface area contributed by atoms with Gasteiger partial charge in [0.05, 0.1) is 23.0 Å². The van der Waals surface area contributed by atoms with Crippen LogP contribution in [0.4, 0.5) is 11.4 Å². The topological polar surface area (TPSA) is 49.9 Å². The molecule has 0 bridgehead atoms. The standard InChI is InChI=1S/C43H31ClN2O3/c44-35-27-25-30(26-28-35)38-29-43(34-21-11-4-12-22-34)46(37-24-14-13-23-36(37)45(38)41(47)33-19-9-3-10-20-33)42(48)39(31-15-5-1-6-16-31)40(49-43)32-17-7-2-8-18-32/h1-28,38H,29H2. The number of nitrogens with zero attached hydrogens (tertiary/aromatic N) is 2. The Morgan fingerprint density at radius 3 is 1.80 bits per heavy atom. The molecule has 6 aromatic carbocycles. The summed E-state index contributed by atoms with van der Waals surface area (Å²) < 4.78 is 7.45. The van der Waals surface area contributed by atoms with Crippen molar-refractivity contribution in [1.29, 1.82) is 0 Å². The summed E-state index contributed by atoms with van der Waals surface area (Å²) in [5.41, 5.74) is 3.93. The summed E-state index contributed by atoms with van der Waals surface area (Å²) in [6.45, 7) is 0. The zero-order chi connectivity index (χ0) is 33.4. The molecule has 238 valence electrons. The molecular formula is C43H31ClN2O3. The smallest absolute Gasteiger partial charge is 0.266 e. The third-order valence-corrected chi connectivity index (χ3v) is 9.51. The van der Waals surface area contributed by atoms with E-state index in [1.807, 2.05) is 175 Å². The number of benzene rings is 6. The molecule has 2 aliphatic heterocycles. The normalized spacial score (nSPS) is 18.6. The van der Waals surface area contributed by atoms with Gasteiger partial charge in [-0.15, -0.1) is 0 Å². The van der Waals surface area contributed by atoms with Gasteiger partial charge in [-0.3, -0.25) is 19.4 Å². The van der Waals surface area contributed by atoms with Crippen molar-refractivity contribution in [3.8, 4) is 0 Å². The molecule has 2 unspecified atom stereocenters. The first-order valence-electron chi connectivity index (χ1n) is 16.2. The number of carbonyl (C=O) groups is 2. The molecule has 6 heteroatoms. The van der Waals surface area contributed by atoms with E-state index in [9.17, 15) is 4.79 Å². The Labute approximate surface area is 290 Å². The fraction of sp³-hybridized carbons (Fsp3) is 0.0698. The van der Waals surface area contributed by atoms with Crippen LogP contribution in [0.15, 0.2) is 170 Å². The molecule has 0 fully saturated rings. The van der Waals surface area contributed by atoms with Crippen molar-refractivity contribution in [3.63, 3.8) is 0 Å². The van der Waals surface area contributed by atoms with E-state index < -0.39 is 11.8 Å². The van der Waals surface area contributed by atoms with Crippen LogP contribution in [-0.2, 0) is 15.3 Å². The predicted molar refractivity (Wildman–Crippen MR) is 195 cm³/mol. The number of anilines is 2. The van der Waals surface area contributed by atoms with Gasteiger partial charge in [0.15, 0.2) is 0 Å². The lowest BCUT2D eigenvalue weighted by Crippen LogP contribution is -2.55. The third-order valence-electron chi connectivity index (χ3n) is 9.26. The number of amides is 2. The van der Waals surface area contributed by atoms with Crippen molar-refractivity contribution < 1.29 is 14.3 Å². The van der Waals surface area contributed by atoms with Crippen LogP contribution >= 0.6 is 11.6 Å². The molecule has 5 nitrogen and oxygen atoms in total. The van der Waals surface area contributed by atoms with Gasteiger partial charge >= 0.3 is 0 Å². The molecule has 0 saturated heterocycles. The lowest BCUT2D eigenvalue weighted by Gasteiger charge is -2.48. The first-order chi connectivity index (χ1) is 24.0. The van der Waals surface area contributed by atoms with Gasteiger partial charge in [0, 0.05) is 28.1 Å². The lowest BCUT2D eigenvalue weighted by molar-refractivity contribution is -0.120. The highest BCUT2D eigenvalue weighted by Gasteiger charge is 2.56.